The molecule has 1 unspecified atom stereocenters. The van der Waals surface area contributed by atoms with Crippen molar-refractivity contribution in [2.24, 2.45) is 0 Å². The lowest BCUT2D eigenvalue weighted by molar-refractivity contribution is 0.0732. The first kappa shape index (κ1) is 18.2. The van der Waals surface area contributed by atoms with Gasteiger partial charge in [-0.3, -0.25) is 0 Å². The summed E-state index contributed by atoms with van der Waals surface area (Å²) in [7, 11) is 0. The van der Waals surface area contributed by atoms with Gasteiger partial charge in [0, 0.05) is 17.4 Å². The minimum atomic E-state index is -0.353. The molecule has 0 aliphatic heterocycles. The van der Waals surface area contributed by atoms with Gasteiger partial charge in [-0.15, -0.1) is 11.6 Å². The van der Waals surface area contributed by atoms with Gasteiger partial charge < -0.3 is 4.74 Å². The van der Waals surface area contributed by atoms with Crippen molar-refractivity contribution < 1.29 is 9.53 Å². The molecule has 3 heteroatoms. The van der Waals surface area contributed by atoms with Crippen molar-refractivity contribution in [1.82, 2.24) is 0 Å². The molecule has 0 saturated heterocycles. The number of carbonyl (C=O) groups excluding carboxylic acids is 1. The SMILES string of the molecule is Cc1ccc(OC(=O)c2ccccc2)c(C(CCCl)c2ccccc2)c1. The van der Waals surface area contributed by atoms with Crippen LogP contribution in [0.15, 0.2) is 78.9 Å². The third-order valence-corrected chi connectivity index (χ3v) is 4.57. The van der Waals surface area contributed by atoms with Crippen LogP contribution < -0.4 is 4.74 Å². The number of esters is 1. The number of benzene rings is 3. The molecule has 0 spiro atoms. The summed E-state index contributed by atoms with van der Waals surface area (Å²) < 4.78 is 5.75. The van der Waals surface area contributed by atoms with E-state index in [4.69, 9.17) is 16.3 Å². The first-order valence-corrected chi connectivity index (χ1v) is 9.21. The second-order valence-electron chi connectivity index (χ2n) is 6.24. The molecule has 3 aromatic rings. The van der Waals surface area contributed by atoms with Gasteiger partial charge in [0.15, 0.2) is 0 Å². The highest BCUT2D eigenvalue weighted by Crippen LogP contribution is 2.35. The second-order valence-corrected chi connectivity index (χ2v) is 6.62. The van der Waals surface area contributed by atoms with E-state index in [1.165, 1.54) is 0 Å². The Balaban J connectivity index is 1.98. The number of alkyl halides is 1. The van der Waals surface area contributed by atoms with Crippen molar-refractivity contribution >= 4 is 17.6 Å². The molecule has 132 valence electrons. The average molecular weight is 365 g/mol. The van der Waals surface area contributed by atoms with E-state index < -0.39 is 0 Å². The largest absolute Gasteiger partial charge is 0.423 e. The summed E-state index contributed by atoms with van der Waals surface area (Å²) >= 11 is 6.08. The summed E-state index contributed by atoms with van der Waals surface area (Å²) in [5.41, 5.74) is 3.81. The van der Waals surface area contributed by atoms with Crippen molar-refractivity contribution in [2.75, 3.05) is 5.88 Å². The predicted molar refractivity (Wildman–Crippen MR) is 106 cm³/mol. The Morgan fingerprint density at radius 3 is 2.27 bits per heavy atom. The lowest BCUT2D eigenvalue weighted by atomic mass is 9.87. The van der Waals surface area contributed by atoms with Gasteiger partial charge >= 0.3 is 5.97 Å². The fourth-order valence-corrected chi connectivity index (χ4v) is 3.28. The number of rotatable bonds is 6. The Kier molecular flexibility index (Phi) is 6.08. The van der Waals surface area contributed by atoms with Crippen LogP contribution in [0, 0.1) is 6.92 Å². The molecule has 0 radical (unpaired) electrons. The average Bonchev–Trinajstić information content (AvgIpc) is 2.69. The van der Waals surface area contributed by atoms with E-state index in [1.54, 1.807) is 12.1 Å². The molecule has 0 aliphatic carbocycles. The molecule has 2 nitrogen and oxygen atoms in total. The molecule has 0 heterocycles. The van der Waals surface area contributed by atoms with Gasteiger partial charge in [0.1, 0.15) is 5.75 Å². The van der Waals surface area contributed by atoms with Gasteiger partial charge in [-0.1, -0.05) is 66.2 Å². The molecule has 0 bridgehead atoms. The van der Waals surface area contributed by atoms with E-state index in [9.17, 15) is 4.79 Å². The van der Waals surface area contributed by atoms with Crippen molar-refractivity contribution in [3.63, 3.8) is 0 Å². The summed E-state index contributed by atoms with van der Waals surface area (Å²) in [4.78, 5) is 12.5. The van der Waals surface area contributed by atoms with Crippen LogP contribution >= 0.6 is 11.6 Å². The van der Waals surface area contributed by atoms with Crippen LogP contribution in [0.1, 0.15) is 39.4 Å². The summed E-state index contributed by atoms with van der Waals surface area (Å²) in [6.07, 6.45) is 0.769. The van der Waals surface area contributed by atoms with E-state index in [2.05, 4.69) is 18.2 Å². The summed E-state index contributed by atoms with van der Waals surface area (Å²) in [6.45, 7) is 2.04. The maximum Gasteiger partial charge on any atom is 0.343 e. The highest BCUT2D eigenvalue weighted by molar-refractivity contribution is 6.17. The molecule has 3 aromatic carbocycles. The van der Waals surface area contributed by atoms with Crippen LogP contribution in [0.25, 0.3) is 0 Å². The monoisotopic (exact) mass is 364 g/mol. The number of hydrogen-bond donors (Lipinski definition) is 0. The molecular formula is C23H21ClO2. The zero-order chi connectivity index (χ0) is 18.4. The Morgan fingerprint density at radius 2 is 1.62 bits per heavy atom. The lowest BCUT2D eigenvalue weighted by Crippen LogP contribution is -2.12. The highest BCUT2D eigenvalue weighted by Gasteiger charge is 2.20. The maximum atomic E-state index is 12.5. The molecule has 0 aliphatic rings. The molecular weight excluding hydrogens is 344 g/mol. The second kappa shape index (κ2) is 8.68. The Bertz CT molecular complexity index is 860. The van der Waals surface area contributed by atoms with Crippen molar-refractivity contribution in [3.05, 3.63) is 101 Å². The molecule has 0 amide bonds. The van der Waals surface area contributed by atoms with Gasteiger partial charge in [-0.25, -0.2) is 4.79 Å². The Hall–Kier alpha value is -2.58. The van der Waals surface area contributed by atoms with Crippen LogP contribution in [-0.4, -0.2) is 11.8 Å². The lowest BCUT2D eigenvalue weighted by Gasteiger charge is -2.20. The zero-order valence-corrected chi connectivity index (χ0v) is 15.4. The highest BCUT2D eigenvalue weighted by atomic mass is 35.5. The van der Waals surface area contributed by atoms with Crippen LogP contribution in [0.3, 0.4) is 0 Å². The minimum absolute atomic E-state index is 0.0761. The normalized spacial score (nSPS) is 11.8. The molecule has 3 rings (SSSR count). The molecule has 26 heavy (non-hydrogen) atoms. The third-order valence-electron chi connectivity index (χ3n) is 4.35. The Morgan fingerprint density at radius 1 is 0.962 bits per heavy atom. The van der Waals surface area contributed by atoms with Gasteiger partial charge in [0.05, 0.1) is 5.56 Å². The molecule has 1 atom stereocenters. The van der Waals surface area contributed by atoms with Crippen molar-refractivity contribution in [2.45, 2.75) is 19.3 Å². The molecule has 0 saturated carbocycles. The van der Waals surface area contributed by atoms with Crippen molar-refractivity contribution in [1.29, 1.82) is 0 Å². The summed E-state index contributed by atoms with van der Waals surface area (Å²) in [5.74, 6) is 0.837. The van der Waals surface area contributed by atoms with E-state index in [0.717, 1.165) is 23.1 Å². The fourth-order valence-electron chi connectivity index (χ4n) is 3.06. The van der Waals surface area contributed by atoms with Crippen LogP contribution in [0.5, 0.6) is 5.75 Å². The number of carbonyl (C=O) groups is 1. The summed E-state index contributed by atoms with van der Waals surface area (Å²) in [5, 5.41) is 0. The molecule has 0 fully saturated rings. The first-order chi connectivity index (χ1) is 12.7. The van der Waals surface area contributed by atoms with Crippen LogP contribution in [0.4, 0.5) is 0 Å². The summed E-state index contributed by atoms with van der Waals surface area (Å²) in [6, 6.07) is 25.1. The zero-order valence-electron chi connectivity index (χ0n) is 14.7. The smallest absolute Gasteiger partial charge is 0.343 e. The number of ether oxygens (including phenoxy) is 1. The van der Waals surface area contributed by atoms with Gasteiger partial charge in [0.25, 0.3) is 0 Å². The number of hydrogen-bond acceptors (Lipinski definition) is 2. The Labute approximate surface area is 159 Å². The third kappa shape index (κ3) is 4.33. The number of aryl methyl sites for hydroxylation is 1. The maximum absolute atomic E-state index is 12.5. The fraction of sp³-hybridized carbons (Fsp3) is 0.174. The minimum Gasteiger partial charge on any atom is -0.423 e. The predicted octanol–water partition coefficient (Wildman–Crippen LogP) is 5.98. The standard InChI is InChI=1S/C23H21ClO2/c1-17-12-13-22(26-23(25)19-10-6-3-7-11-19)21(16-17)20(14-15-24)18-8-4-2-5-9-18/h2-13,16,20H,14-15H2,1H3. The van der Waals surface area contributed by atoms with Crippen LogP contribution in [0.2, 0.25) is 0 Å². The van der Waals surface area contributed by atoms with Gasteiger partial charge in [0.2, 0.25) is 0 Å². The van der Waals surface area contributed by atoms with Gasteiger partial charge in [-0.2, -0.15) is 0 Å². The van der Waals surface area contributed by atoms with E-state index in [-0.39, 0.29) is 11.9 Å². The van der Waals surface area contributed by atoms with E-state index in [0.29, 0.717) is 17.2 Å². The molecule has 0 N–H and O–H groups in total. The quantitative estimate of drug-likeness (QED) is 0.306. The van der Waals surface area contributed by atoms with E-state index >= 15 is 0 Å². The first-order valence-electron chi connectivity index (χ1n) is 8.67. The van der Waals surface area contributed by atoms with Crippen LogP contribution in [-0.2, 0) is 0 Å². The number of halogens is 1. The van der Waals surface area contributed by atoms with E-state index in [1.807, 2.05) is 55.5 Å². The van der Waals surface area contributed by atoms with Gasteiger partial charge in [-0.05, 0) is 37.1 Å². The topological polar surface area (TPSA) is 26.3 Å². The molecule has 0 aromatic heterocycles. The van der Waals surface area contributed by atoms with Crippen molar-refractivity contribution in [3.8, 4) is 5.75 Å².